The Morgan fingerprint density at radius 3 is 2.74 bits per heavy atom. The van der Waals surface area contributed by atoms with Crippen molar-refractivity contribution in [3.05, 3.63) is 35.4 Å². The first kappa shape index (κ1) is 14.0. The van der Waals surface area contributed by atoms with Crippen LogP contribution in [-0.2, 0) is 17.9 Å². The average Bonchev–Trinajstić information content (AvgIpc) is 2.45. The van der Waals surface area contributed by atoms with Crippen LogP contribution in [0.3, 0.4) is 0 Å². The summed E-state index contributed by atoms with van der Waals surface area (Å²) in [6.45, 7) is 0.474. The fraction of sp³-hybridized carbons (Fsp3) is 0.533. The van der Waals surface area contributed by atoms with Crippen molar-refractivity contribution in [3.8, 4) is 0 Å². The van der Waals surface area contributed by atoms with Crippen LogP contribution < -0.4 is 11.1 Å². The van der Waals surface area contributed by atoms with Gasteiger partial charge in [0.15, 0.2) is 0 Å². The lowest BCUT2D eigenvalue weighted by molar-refractivity contribution is -0.126. The van der Waals surface area contributed by atoms with E-state index >= 15 is 0 Å². The van der Waals surface area contributed by atoms with Gasteiger partial charge in [-0.15, -0.1) is 0 Å². The van der Waals surface area contributed by atoms with Gasteiger partial charge in [0.25, 0.3) is 0 Å². The van der Waals surface area contributed by atoms with E-state index in [1.54, 1.807) is 0 Å². The van der Waals surface area contributed by atoms with Crippen molar-refractivity contribution < 1.29 is 9.90 Å². The molecule has 1 aliphatic rings. The van der Waals surface area contributed by atoms with Crippen LogP contribution >= 0.6 is 0 Å². The van der Waals surface area contributed by atoms with Gasteiger partial charge in [0.05, 0.1) is 6.61 Å². The number of aliphatic hydroxyl groups is 1. The highest BCUT2D eigenvalue weighted by atomic mass is 16.3. The first-order valence-corrected chi connectivity index (χ1v) is 6.91. The molecule has 104 valence electrons. The Labute approximate surface area is 114 Å². The molecule has 0 heterocycles. The molecule has 1 saturated carbocycles. The highest BCUT2D eigenvalue weighted by Gasteiger charge is 2.25. The molecule has 4 heteroatoms. The van der Waals surface area contributed by atoms with Crippen molar-refractivity contribution in [3.63, 3.8) is 0 Å². The standard InChI is InChI=1S/C15H22N2O2/c16-14-7-3-6-11(8-14)15(19)17-9-12-4-1-2-5-13(12)10-18/h1-2,4-5,11,14,18H,3,6-10,16H2,(H,17,19). The summed E-state index contributed by atoms with van der Waals surface area (Å²) in [6.07, 6.45) is 3.78. The largest absolute Gasteiger partial charge is 0.392 e. The van der Waals surface area contributed by atoms with Crippen LogP contribution in [0.25, 0.3) is 0 Å². The van der Waals surface area contributed by atoms with Crippen molar-refractivity contribution in [2.45, 2.75) is 44.9 Å². The summed E-state index contributed by atoms with van der Waals surface area (Å²) in [6, 6.07) is 7.76. The molecule has 1 aromatic rings. The zero-order chi connectivity index (χ0) is 13.7. The van der Waals surface area contributed by atoms with E-state index < -0.39 is 0 Å². The Morgan fingerprint density at radius 1 is 1.32 bits per heavy atom. The van der Waals surface area contributed by atoms with Crippen LogP contribution in [0.1, 0.15) is 36.8 Å². The van der Waals surface area contributed by atoms with E-state index in [4.69, 9.17) is 5.73 Å². The summed E-state index contributed by atoms with van der Waals surface area (Å²) in [5.74, 6) is 0.132. The number of amides is 1. The monoisotopic (exact) mass is 262 g/mol. The number of nitrogens with one attached hydrogen (secondary N) is 1. The van der Waals surface area contributed by atoms with Gasteiger partial charge in [0.2, 0.25) is 5.91 Å². The molecule has 1 aromatic carbocycles. The maximum Gasteiger partial charge on any atom is 0.223 e. The Morgan fingerprint density at radius 2 is 2.05 bits per heavy atom. The first-order valence-electron chi connectivity index (χ1n) is 6.91. The third-order valence-corrected chi connectivity index (χ3v) is 3.83. The van der Waals surface area contributed by atoms with Crippen LogP contribution in [0.2, 0.25) is 0 Å². The normalized spacial score (nSPS) is 23.1. The number of hydrogen-bond acceptors (Lipinski definition) is 3. The lowest BCUT2D eigenvalue weighted by atomic mass is 9.85. The van der Waals surface area contributed by atoms with Gasteiger partial charge in [-0.3, -0.25) is 4.79 Å². The lowest BCUT2D eigenvalue weighted by Gasteiger charge is -2.25. The van der Waals surface area contributed by atoms with E-state index in [1.807, 2.05) is 24.3 Å². The Hall–Kier alpha value is -1.39. The van der Waals surface area contributed by atoms with Gasteiger partial charge in [0.1, 0.15) is 0 Å². The summed E-state index contributed by atoms with van der Waals surface area (Å²) in [5.41, 5.74) is 7.74. The molecule has 2 atom stereocenters. The van der Waals surface area contributed by atoms with Crippen molar-refractivity contribution in [1.82, 2.24) is 5.32 Å². The van der Waals surface area contributed by atoms with Crippen LogP contribution in [0.4, 0.5) is 0 Å². The molecule has 0 spiro atoms. The number of hydrogen-bond donors (Lipinski definition) is 3. The topological polar surface area (TPSA) is 75.4 Å². The number of carbonyl (C=O) groups is 1. The number of carbonyl (C=O) groups excluding carboxylic acids is 1. The Kier molecular flexibility index (Phi) is 4.93. The van der Waals surface area contributed by atoms with Gasteiger partial charge in [-0.25, -0.2) is 0 Å². The minimum Gasteiger partial charge on any atom is -0.392 e. The number of nitrogens with two attached hydrogens (primary N) is 1. The highest BCUT2D eigenvalue weighted by Crippen LogP contribution is 2.23. The molecule has 4 nitrogen and oxygen atoms in total. The zero-order valence-electron chi connectivity index (χ0n) is 11.1. The fourth-order valence-corrected chi connectivity index (χ4v) is 2.68. The summed E-state index contributed by atoms with van der Waals surface area (Å²) in [7, 11) is 0. The third kappa shape index (κ3) is 3.78. The Balaban J connectivity index is 1.89. The number of aliphatic hydroxyl groups excluding tert-OH is 1. The lowest BCUT2D eigenvalue weighted by Crippen LogP contribution is -2.37. The summed E-state index contributed by atoms with van der Waals surface area (Å²) >= 11 is 0. The minimum atomic E-state index is 0.000344. The van der Waals surface area contributed by atoms with E-state index in [-0.39, 0.29) is 24.5 Å². The number of benzene rings is 1. The average molecular weight is 262 g/mol. The third-order valence-electron chi connectivity index (χ3n) is 3.83. The maximum atomic E-state index is 12.1. The quantitative estimate of drug-likeness (QED) is 0.766. The van der Waals surface area contributed by atoms with Crippen molar-refractivity contribution >= 4 is 5.91 Å². The zero-order valence-corrected chi connectivity index (χ0v) is 11.1. The Bertz CT molecular complexity index is 434. The van der Waals surface area contributed by atoms with E-state index in [0.29, 0.717) is 6.54 Å². The minimum absolute atomic E-state index is 0.000344. The van der Waals surface area contributed by atoms with Crippen LogP contribution in [0, 0.1) is 5.92 Å². The molecular weight excluding hydrogens is 240 g/mol. The molecule has 0 aromatic heterocycles. The van der Waals surface area contributed by atoms with Crippen LogP contribution in [0.15, 0.2) is 24.3 Å². The van der Waals surface area contributed by atoms with Crippen LogP contribution in [0.5, 0.6) is 0 Å². The second-order valence-electron chi connectivity index (χ2n) is 5.27. The molecule has 4 N–H and O–H groups in total. The molecule has 1 aliphatic carbocycles. The molecule has 2 rings (SSSR count). The molecule has 0 bridgehead atoms. The van der Waals surface area contributed by atoms with Crippen molar-refractivity contribution in [2.24, 2.45) is 11.7 Å². The van der Waals surface area contributed by atoms with Crippen LogP contribution in [-0.4, -0.2) is 17.1 Å². The van der Waals surface area contributed by atoms with Gasteiger partial charge in [0, 0.05) is 18.5 Å². The van der Waals surface area contributed by atoms with E-state index in [9.17, 15) is 9.90 Å². The van der Waals surface area contributed by atoms with Gasteiger partial charge in [-0.1, -0.05) is 30.7 Å². The molecular formula is C15H22N2O2. The van der Waals surface area contributed by atoms with Gasteiger partial charge in [-0.05, 0) is 30.4 Å². The molecule has 1 amide bonds. The molecule has 1 fully saturated rings. The predicted molar refractivity (Wildman–Crippen MR) is 74.1 cm³/mol. The SMILES string of the molecule is NC1CCCC(C(=O)NCc2ccccc2CO)C1. The van der Waals surface area contributed by atoms with Crippen molar-refractivity contribution in [2.75, 3.05) is 0 Å². The smallest absolute Gasteiger partial charge is 0.223 e. The second kappa shape index (κ2) is 6.68. The van der Waals surface area contributed by atoms with E-state index in [1.165, 1.54) is 0 Å². The van der Waals surface area contributed by atoms with E-state index in [2.05, 4.69) is 5.32 Å². The van der Waals surface area contributed by atoms with Gasteiger partial charge in [-0.2, -0.15) is 0 Å². The summed E-state index contributed by atoms with van der Waals surface area (Å²) in [4.78, 5) is 12.1. The highest BCUT2D eigenvalue weighted by molar-refractivity contribution is 5.78. The predicted octanol–water partition coefficient (Wildman–Crippen LogP) is 1.31. The van der Waals surface area contributed by atoms with Crippen molar-refractivity contribution in [1.29, 1.82) is 0 Å². The maximum absolute atomic E-state index is 12.1. The molecule has 0 radical (unpaired) electrons. The first-order chi connectivity index (χ1) is 9.20. The summed E-state index contributed by atoms with van der Waals surface area (Å²) in [5, 5.41) is 12.2. The molecule has 19 heavy (non-hydrogen) atoms. The fourth-order valence-electron chi connectivity index (χ4n) is 2.68. The molecule has 0 aliphatic heterocycles. The van der Waals surface area contributed by atoms with Gasteiger partial charge >= 0.3 is 0 Å². The molecule has 0 saturated heterocycles. The summed E-state index contributed by atoms with van der Waals surface area (Å²) < 4.78 is 0. The van der Waals surface area contributed by atoms with E-state index in [0.717, 1.165) is 36.8 Å². The van der Waals surface area contributed by atoms with Gasteiger partial charge < -0.3 is 16.2 Å². The number of rotatable bonds is 4. The second-order valence-corrected chi connectivity index (χ2v) is 5.27. The molecule has 2 unspecified atom stereocenters.